The Labute approximate surface area is 124 Å². The second kappa shape index (κ2) is 8.50. The van der Waals surface area contributed by atoms with Gasteiger partial charge in [-0.2, -0.15) is 0 Å². The molecule has 1 saturated carbocycles. The van der Waals surface area contributed by atoms with Crippen molar-refractivity contribution in [1.82, 2.24) is 15.1 Å². The van der Waals surface area contributed by atoms with E-state index in [-0.39, 0.29) is 6.03 Å². The van der Waals surface area contributed by atoms with Crippen molar-refractivity contribution in [3.63, 3.8) is 0 Å². The molecule has 0 aromatic heterocycles. The minimum Gasteiger partial charge on any atom is -0.338 e. The van der Waals surface area contributed by atoms with E-state index in [9.17, 15) is 4.79 Å². The van der Waals surface area contributed by atoms with Gasteiger partial charge in [-0.15, -0.1) is 0 Å². The number of hydrogen-bond acceptors (Lipinski definition) is 2. The number of nitrogens with zero attached hydrogens (tertiary/aromatic N) is 2. The highest BCUT2D eigenvalue weighted by Gasteiger charge is 2.32. The molecule has 1 N–H and O–H groups in total. The van der Waals surface area contributed by atoms with Gasteiger partial charge in [-0.3, -0.25) is 0 Å². The molecule has 20 heavy (non-hydrogen) atoms. The van der Waals surface area contributed by atoms with E-state index in [1.807, 2.05) is 4.90 Å². The van der Waals surface area contributed by atoms with Crippen molar-refractivity contribution in [3.05, 3.63) is 0 Å². The summed E-state index contributed by atoms with van der Waals surface area (Å²) in [5, 5.41) is 3.08. The van der Waals surface area contributed by atoms with Gasteiger partial charge in [0.1, 0.15) is 0 Å². The standard InChI is InChI=1S/C16H33N3O/c1-13(2)12-19(15-8-9-15)16(20)17-10-6-7-11-18(5)14(3)4/h13-15H,6-12H2,1-5H3,(H,17,20). The van der Waals surface area contributed by atoms with Crippen LogP contribution in [0.4, 0.5) is 4.79 Å². The minimum absolute atomic E-state index is 0.137. The highest BCUT2D eigenvalue weighted by atomic mass is 16.2. The van der Waals surface area contributed by atoms with Crippen LogP contribution < -0.4 is 5.32 Å². The third-order valence-electron chi connectivity index (χ3n) is 3.91. The minimum atomic E-state index is 0.137. The molecule has 0 heterocycles. The zero-order valence-corrected chi connectivity index (χ0v) is 14.0. The molecule has 1 rings (SSSR count). The molecule has 0 spiro atoms. The summed E-state index contributed by atoms with van der Waals surface area (Å²) in [7, 11) is 2.15. The molecule has 0 radical (unpaired) electrons. The maximum Gasteiger partial charge on any atom is 0.317 e. The number of carbonyl (C=O) groups is 1. The summed E-state index contributed by atoms with van der Waals surface area (Å²) in [4.78, 5) is 16.5. The molecule has 1 fully saturated rings. The lowest BCUT2D eigenvalue weighted by atomic mass is 10.2. The summed E-state index contributed by atoms with van der Waals surface area (Å²) in [5.41, 5.74) is 0. The van der Waals surface area contributed by atoms with E-state index in [1.54, 1.807) is 0 Å². The summed E-state index contributed by atoms with van der Waals surface area (Å²) in [6, 6.07) is 1.24. The Kier molecular flexibility index (Phi) is 7.35. The van der Waals surface area contributed by atoms with Gasteiger partial charge < -0.3 is 15.1 Å². The molecule has 0 unspecified atom stereocenters. The van der Waals surface area contributed by atoms with Crippen LogP contribution in [-0.2, 0) is 0 Å². The number of hydrogen-bond donors (Lipinski definition) is 1. The Hall–Kier alpha value is -0.770. The molecule has 0 saturated heterocycles. The SMILES string of the molecule is CC(C)CN(C(=O)NCCCCN(C)C(C)C)C1CC1. The molecule has 2 amide bonds. The van der Waals surface area contributed by atoms with Gasteiger partial charge in [-0.1, -0.05) is 13.8 Å². The third-order valence-corrected chi connectivity index (χ3v) is 3.91. The van der Waals surface area contributed by atoms with Crippen molar-refractivity contribution in [2.75, 3.05) is 26.7 Å². The lowest BCUT2D eigenvalue weighted by Gasteiger charge is -2.25. The van der Waals surface area contributed by atoms with E-state index >= 15 is 0 Å². The first kappa shape index (κ1) is 17.3. The van der Waals surface area contributed by atoms with Crippen molar-refractivity contribution in [3.8, 4) is 0 Å². The van der Waals surface area contributed by atoms with Crippen LogP contribution in [0.25, 0.3) is 0 Å². The first-order valence-electron chi connectivity index (χ1n) is 8.16. The van der Waals surface area contributed by atoms with Gasteiger partial charge in [0.2, 0.25) is 0 Å². The van der Waals surface area contributed by atoms with Gasteiger partial charge in [-0.05, 0) is 59.0 Å². The molecular formula is C16H33N3O. The van der Waals surface area contributed by atoms with Gasteiger partial charge in [0.05, 0.1) is 0 Å². The molecule has 1 aliphatic rings. The van der Waals surface area contributed by atoms with Crippen molar-refractivity contribution in [1.29, 1.82) is 0 Å². The Balaban J connectivity index is 2.15. The van der Waals surface area contributed by atoms with Gasteiger partial charge >= 0.3 is 6.03 Å². The van der Waals surface area contributed by atoms with Crippen LogP contribution in [0.2, 0.25) is 0 Å². The fraction of sp³-hybridized carbons (Fsp3) is 0.938. The molecule has 0 bridgehead atoms. The average Bonchev–Trinajstić information content (AvgIpc) is 3.18. The number of carbonyl (C=O) groups excluding carboxylic acids is 1. The van der Waals surface area contributed by atoms with E-state index in [4.69, 9.17) is 0 Å². The molecule has 4 heteroatoms. The lowest BCUT2D eigenvalue weighted by Crippen LogP contribution is -2.43. The third kappa shape index (κ3) is 6.60. The summed E-state index contributed by atoms with van der Waals surface area (Å²) in [6.45, 7) is 11.5. The molecular weight excluding hydrogens is 250 g/mol. The Morgan fingerprint density at radius 3 is 2.35 bits per heavy atom. The summed E-state index contributed by atoms with van der Waals surface area (Å²) in [5.74, 6) is 0.543. The highest BCUT2D eigenvalue weighted by molar-refractivity contribution is 5.74. The summed E-state index contributed by atoms with van der Waals surface area (Å²) >= 11 is 0. The van der Waals surface area contributed by atoms with Crippen LogP contribution in [-0.4, -0.2) is 54.6 Å². The van der Waals surface area contributed by atoms with Crippen molar-refractivity contribution in [2.24, 2.45) is 5.92 Å². The maximum atomic E-state index is 12.2. The van der Waals surface area contributed by atoms with Crippen LogP contribution in [0.5, 0.6) is 0 Å². The molecule has 0 atom stereocenters. The Morgan fingerprint density at radius 1 is 1.20 bits per heavy atom. The topological polar surface area (TPSA) is 35.6 Å². The number of unbranched alkanes of at least 4 members (excludes halogenated alkanes) is 1. The normalized spacial score (nSPS) is 15.2. The van der Waals surface area contributed by atoms with Crippen LogP contribution in [0.15, 0.2) is 0 Å². The number of rotatable bonds is 9. The van der Waals surface area contributed by atoms with Crippen LogP contribution in [0, 0.1) is 5.92 Å². The zero-order chi connectivity index (χ0) is 15.1. The molecule has 4 nitrogen and oxygen atoms in total. The number of urea groups is 1. The van der Waals surface area contributed by atoms with Gasteiger partial charge in [0, 0.05) is 25.2 Å². The molecule has 0 aromatic rings. The quantitative estimate of drug-likeness (QED) is 0.660. The largest absolute Gasteiger partial charge is 0.338 e. The first-order valence-corrected chi connectivity index (χ1v) is 8.16. The van der Waals surface area contributed by atoms with E-state index in [2.05, 4.69) is 45.0 Å². The van der Waals surface area contributed by atoms with E-state index in [0.717, 1.165) is 32.5 Å². The van der Waals surface area contributed by atoms with E-state index in [1.165, 1.54) is 12.8 Å². The lowest BCUT2D eigenvalue weighted by molar-refractivity contribution is 0.187. The van der Waals surface area contributed by atoms with Gasteiger partial charge in [0.25, 0.3) is 0 Å². The monoisotopic (exact) mass is 283 g/mol. The fourth-order valence-corrected chi connectivity index (χ4v) is 2.22. The summed E-state index contributed by atoms with van der Waals surface area (Å²) in [6.07, 6.45) is 4.56. The smallest absolute Gasteiger partial charge is 0.317 e. The van der Waals surface area contributed by atoms with Crippen LogP contribution in [0.1, 0.15) is 53.4 Å². The predicted molar refractivity (Wildman–Crippen MR) is 85.0 cm³/mol. The van der Waals surface area contributed by atoms with Gasteiger partial charge in [-0.25, -0.2) is 4.79 Å². The van der Waals surface area contributed by atoms with E-state index in [0.29, 0.717) is 18.0 Å². The number of nitrogens with one attached hydrogen (secondary N) is 1. The van der Waals surface area contributed by atoms with Crippen molar-refractivity contribution < 1.29 is 4.79 Å². The Morgan fingerprint density at radius 2 is 1.85 bits per heavy atom. The van der Waals surface area contributed by atoms with Crippen molar-refractivity contribution >= 4 is 6.03 Å². The zero-order valence-electron chi connectivity index (χ0n) is 14.0. The van der Waals surface area contributed by atoms with Crippen LogP contribution >= 0.6 is 0 Å². The van der Waals surface area contributed by atoms with Gasteiger partial charge in [0.15, 0.2) is 0 Å². The molecule has 0 aromatic carbocycles. The second-order valence-corrected chi connectivity index (χ2v) is 6.79. The molecule has 1 aliphatic carbocycles. The summed E-state index contributed by atoms with van der Waals surface area (Å²) < 4.78 is 0. The number of amides is 2. The highest BCUT2D eigenvalue weighted by Crippen LogP contribution is 2.27. The second-order valence-electron chi connectivity index (χ2n) is 6.79. The maximum absolute atomic E-state index is 12.2. The van der Waals surface area contributed by atoms with E-state index < -0.39 is 0 Å². The molecule has 118 valence electrons. The molecule has 0 aliphatic heterocycles. The van der Waals surface area contributed by atoms with Crippen LogP contribution in [0.3, 0.4) is 0 Å². The first-order chi connectivity index (χ1) is 9.41. The predicted octanol–water partition coefficient (Wildman–Crippen LogP) is 2.94. The Bertz CT molecular complexity index is 287. The fourth-order valence-electron chi connectivity index (χ4n) is 2.22. The van der Waals surface area contributed by atoms with Crippen molar-refractivity contribution in [2.45, 2.75) is 65.5 Å². The average molecular weight is 283 g/mol.